The number of nitrogens with zero attached hydrogens (tertiary/aromatic N) is 1. The third-order valence-corrected chi connectivity index (χ3v) is 3.47. The molecule has 0 aromatic rings. The maximum atomic E-state index is 11.1. The van der Waals surface area contributed by atoms with E-state index in [0.29, 0.717) is 6.61 Å². The fourth-order valence-corrected chi connectivity index (χ4v) is 2.19. The lowest BCUT2D eigenvalue weighted by atomic mass is 10.1. The van der Waals surface area contributed by atoms with Crippen LogP contribution >= 0.6 is 0 Å². The second-order valence-electron chi connectivity index (χ2n) is 3.63. The van der Waals surface area contributed by atoms with Gasteiger partial charge in [0.1, 0.15) is 0 Å². The van der Waals surface area contributed by atoms with Crippen molar-refractivity contribution in [2.45, 2.75) is 18.9 Å². The van der Waals surface area contributed by atoms with Crippen LogP contribution in [0.25, 0.3) is 0 Å². The zero-order valence-corrected chi connectivity index (χ0v) is 9.92. The summed E-state index contributed by atoms with van der Waals surface area (Å²) in [7, 11) is -3.44. The predicted octanol–water partition coefficient (Wildman–Crippen LogP) is -0.802. The molecule has 1 heterocycles. The van der Waals surface area contributed by atoms with Crippen LogP contribution in [0, 0.1) is 11.3 Å². The molecular formula is C9H17N3O3S. The van der Waals surface area contributed by atoms with Crippen molar-refractivity contribution in [2.24, 2.45) is 0 Å². The molecule has 0 aliphatic carbocycles. The topological polar surface area (TPSA) is 91.2 Å². The normalized spacial score (nSPS) is 18.2. The highest BCUT2D eigenvalue weighted by Crippen LogP contribution is 2.06. The van der Waals surface area contributed by atoms with Crippen LogP contribution in [0.15, 0.2) is 0 Å². The monoisotopic (exact) mass is 247 g/mol. The maximum Gasteiger partial charge on any atom is 0.225 e. The van der Waals surface area contributed by atoms with Gasteiger partial charge in [-0.3, -0.25) is 0 Å². The molecule has 0 unspecified atom stereocenters. The third kappa shape index (κ3) is 5.42. The molecule has 0 saturated carbocycles. The van der Waals surface area contributed by atoms with Crippen LogP contribution in [0.5, 0.6) is 0 Å². The van der Waals surface area contributed by atoms with Crippen LogP contribution < -0.4 is 10.0 Å². The summed E-state index contributed by atoms with van der Waals surface area (Å²) in [5.41, 5.74) is 0. The van der Waals surface area contributed by atoms with E-state index in [2.05, 4.69) is 10.0 Å². The molecule has 0 radical (unpaired) electrons. The summed E-state index contributed by atoms with van der Waals surface area (Å²) >= 11 is 0. The Hall–Kier alpha value is -0.680. The van der Waals surface area contributed by atoms with Gasteiger partial charge in [-0.2, -0.15) is 5.26 Å². The average Bonchev–Trinajstić information content (AvgIpc) is 2.26. The van der Waals surface area contributed by atoms with Crippen molar-refractivity contribution in [1.82, 2.24) is 10.0 Å². The molecule has 1 rings (SSSR count). The van der Waals surface area contributed by atoms with E-state index in [9.17, 15) is 8.42 Å². The molecule has 1 aliphatic rings. The Bertz CT molecular complexity index is 330. The summed E-state index contributed by atoms with van der Waals surface area (Å²) in [6.07, 6.45) is 2.15. The summed E-state index contributed by atoms with van der Waals surface area (Å²) in [5, 5.41) is 11.5. The quantitative estimate of drug-likeness (QED) is 0.599. The number of ether oxygens (including phenoxy) is 1. The van der Waals surface area contributed by atoms with Gasteiger partial charge in [0.05, 0.1) is 18.8 Å². The summed E-state index contributed by atoms with van der Waals surface area (Å²) < 4.78 is 30.0. The second kappa shape index (κ2) is 6.81. The molecule has 92 valence electrons. The predicted molar refractivity (Wildman–Crippen MR) is 59.2 cm³/mol. The Balaban J connectivity index is 2.09. The molecule has 2 N–H and O–H groups in total. The summed E-state index contributed by atoms with van der Waals surface area (Å²) in [6, 6.07) is 1.60. The first kappa shape index (κ1) is 13.4. The van der Waals surface area contributed by atoms with Crippen molar-refractivity contribution < 1.29 is 13.2 Å². The standard InChI is InChI=1S/C9H17N3O3S/c10-3-8-16(13,14)12-6-7-15-9-1-4-11-5-2-9/h9,11-12H,1-2,4-8H2. The fourth-order valence-electron chi connectivity index (χ4n) is 1.52. The first-order chi connectivity index (χ1) is 7.64. The Morgan fingerprint density at radius 3 is 2.75 bits per heavy atom. The van der Waals surface area contributed by atoms with Gasteiger partial charge in [-0.15, -0.1) is 0 Å². The molecular weight excluding hydrogens is 230 g/mol. The van der Waals surface area contributed by atoms with E-state index in [4.69, 9.17) is 10.00 Å². The molecule has 16 heavy (non-hydrogen) atoms. The molecule has 0 aromatic carbocycles. The number of hydrogen-bond acceptors (Lipinski definition) is 5. The van der Waals surface area contributed by atoms with Crippen molar-refractivity contribution in [2.75, 3.05) is 32.0 Å². The zero-order chi connectivity index (χ0) is 11.9. The largest absolute Gasteiger partial charge is 0.377 e. The van der Waals surface area contributed by atoms with Gasteiger partial charge in [0.25, 0.3) is 0 Å². The highest BCUT2D eigenvalue weighted by molar-refractivity contribution is 7.89. The summed E-state index contributed by atoms with van der Waals surface area (Å²) in [5.74, 6) is -0.500. The van der Waals surface area contributed by atoms with Crippen molar-refractivity contribution in [3.8, 4) is 6.07 Å². The van der Waals surface area contributed by atoms with E-state index < -0.39 is 15.8 Å². The van der Waals surface area contributed by atoms with E-state index in [0.717, 1.165) is 25.9 Å². The Kier molecular flexibility index (Phi) is 5.69. The van der Waals surface area contributed by atoms with Gasteiger partial charge in [0, 0.05) is 6.54 Å². The van der Waals surface area contributed by atoms with Gasteiger partial charge in [-0.25, -0.2) is 13.1 Å². The van der Waals surface area contributed by atoms with Crippen molar-refractivity contribution in [3.05, 3.63) is 0 Å². The van der Waals surface area contributed by atoms with Gasteiger partial charge >= 0.3 is 0 Å². The van der Waals surface area contributed by atoms with Gasteiger partial charge < -0.3 is 10.1 Å². The zero-order valence-electron chi connectivity index (χ0n) is 9.11. The molecule has 0 aromatic heterocycles. The fraction of sp³-hybridized carbons (Fsp3) is 0.889. The highest BCUT2D eigenvalue weighted by atomic mass is 32.2. The molecule has 0 atom stereocenters. The molecule has 7 heteroatoms. The van der Waals surface area contributed by atoms with E-state index in [-0.39, 0.29) is 12.6 Å². The molecule has 1 saturated heterocycles. The second-order valence-corrected chi connectivity index (χ2v) is 5.44. The van der Waals surface area contributed by atoms with Crippen molar-refractivity contribution in [1.29, 1.82) is 5.26 Å². The third-order valence-electron chi connectivity index (χ3n) is 2.32. The number of nitrogens with one attached hydrogen (secondary N) is 2. The van der Waals surface area contributed by atoms with Crippen LogP contribution in [-0.4, -0.2) is 46.5 Å². The van der Waals surface area contributed by atoms with Crippen LogP contribution in [0.4, 0.5) is 0 Å². The highest BCUT2D eigenvalue weighted by Gasteiger charge is 2.13. The lowest BCUT2D eigenvalue weighted by Crippen LogP contribution is -2.35. The smallest absolute Gasteiger partial charge is 0.225 e. The molecule has 6 nitrogen and oxygen atoms in total. The van der Waals surface area contributed by atoms with E-state index >= 15 is 0 Å². The van der Waals surface area contributed by atoms with Crippen LogP contribution in [0.1, 0.15) is 12.8 Å². The number of piperidine rings is 1. The Morgan fingerprint density at radius 1 is 1.44 bits per heavy atom. The SMILES string of the molecule is N#CCS(=O)(=O)NCCOC1CCNCC1. The summed E-state index contributed by atoms with van der Waals surface area (Å²) in [4.78, 5) is 0. The lowest BCUT2D eigenvalue weighted by Gasteiger charge is -2.22. The lowest BCUT2D eigenvalue weighted by molar-refractivity contribution is 0.0367. The first-order valence-electron chi connectivity index (χ1n) is 5.30. The number of hydrogen-bond donors (Lipinski definition) is 2. The number of nitriles is 1. The van der Waals surface area contributed by atoms with Crippen molar-refractivity contribution >= 4 is 10.0 Å². The van der Waals surface area contributed by atoms with Crippen LogP contribution in [0.3, 0.4) is 0 Å². The molecule has 0 amide bonds. The molecule has 1 aliphatic heterocycles. The summed E-state index contributed by atoms with van der Waals surface area (Å²) in [6.45, 7) is 2.49. The van der Waals surface area contributed by atoms with E-state index in [1.54, 1.807) is 6.07 Å². The van der Waals surface area contributed by atoms with Gasteiger partial charge in [0.15, 0.2) is 5.75 Å². The minimum absolute atomic E-state index is 0.224. The van der Waals surface area contributed by atoms with Crippen LogP contribution in [-0.2, 0) is 14.8 Å². The van der Waals surface area contributed by atoms with Crippen LogP contribution in [0.2, 0.25) is 0 Å². The Morgan fingerprint density at radius 2 is 2.12 bits per heavy atom. The van der Waals surface area contributed by atoms with E-state index in [1.807, 2.05) is 0 Å². The molecule has 1 fully saturated rings. The van der Waals surface area contributed by atoms with Crippen molar-refractivity contribution in [3.63, 3.8) is 0 Å². The molecule has 0 spiro atoms. The van der Waals surface area contributed by atoms with Gasteiger partial charge in [-0.1, -0.05) is 0 Å². The Labute approximate surface area is 96.0 Å². The van der Waals surface area contributed by atoms with E-state index in [1.165, 1.54) is 0 Å². The minimum atomic E-state index is -3.44. The molecule has 0 bridgehead atoms. The van der Waals surface area contributed by atoms with Gasteiger partial charge in [0.2, 0.25) is 10.0 Å². The number of rotatable bonds is 6. The minimum Gasteiger partial charge on any atom is -0.377 e. The number of sulfonamides is 1. The average molecular weight is 247 g/mol. The first-order valence-corrected chi connectivity index (χ1v) is 6.96. The van der Waals surface area contributed by atoms with Gasteiger partial charge in [-0.05, 0) is 25.9 Å². The maximum absolute atomic E-state index is 11.1.